The van der Waals surface area contributed by atoms with Gasteiger partial charge in [0.2, 0.25) is 0 Å². The molecule has 0 aliphatic heterocycles. The van der Waals surface area contributed by atoms with Gasteiger partial charge >= 0.3 is 0 Å². The summed E-state index contributed by atoms with van der Waals surface area (Å²) in [5.41, 5.74) is 1.08. The van der Waals surface area contributed by atoms with Crippen LogP contribution in [-0.4, -0.2) is 24.3 Å². The van der Waals surface area contributed by atoms with Gasteiger partial charge in [0.05, 0.1) is 6.10 Å². The minimum absolute atomic E-state index is 0.0105. The fraction of sp³-hybridized carbons (Fsp3) is 1.00. The van der Waals surface area contributed by atoms with E-state index in [1.807, 2.05) is 0 Å². The Morgan fingerprint density at radius 1 is 0.864 bits per heavy atom. The van der Waals surface area contributed by atoms with Gasteiger partial charge < -0.3 is 10.4 Å². The van der Waals surface area contributed by atoms with Crippen molar-refractivity contribution < 1.29 is 5.11 Å². The average molecular weight is 306 g/mol. The van der Waals surface area contributed by atoms with Crippen LogP contribution in [0.2, 0.25) is 0 Å². The number of aliphatic hydroxyl groups excluding tert-OH is 1. The fourth-order valence-corrected chi connectivity index (χ4v) is 7.71. The lowest BCUT2D eigenvalue weighted by atomic mass is 9.45. The van der Waals surface area contributed by atoms with Gasteiger partial charge in [-0.15, -0.1) is 0 Å². The molecule has 4 fully saturated rings. The van der Waals surface area contributed by atoms with Gasteiger partial charge in [0.1, 0.15) is 0 Å². The number of rotatable bonds is 1. The third-order valence-electron chi connectivity index (χ3n) is 8.99. The van der Waals surface area contributed by atoms with E-state index in [0.29, 0.717) is 10.8 Å². The number of nitrogens with one attached hydrogen (secondary N) is 1. The van der Waals surface area contributed by atoms with Gasteiger partial charge in [-0.05, 0) is 99.3 Å². The highest BCUT2D eigenvalue weighted by Crippen LogP contribution is 2.66. The van der Waals surface area contributed by atoms with E-state index in [4.69, 9.17) is 0 Å². The summed E-state index contributed by atoms with van der Waals surface area (Å²) in [5, 5.41) is 13.7. The van der Waals surface area contributed by atoms with Crippen LogP contribution in [0.25, 0.3) is 0 Å². The standard InChI is InChI=1S/C20H35NO/c1-19-10-8-14(22)12-13(19)4-5-15-16-6-7-18(21-3)20(16,2)11-9-17(15)19/h13-18,21-22H,4-12H2,1-3H3/t13-,14-,15-,16-,17-,18+,19-,20-/m0/s1. The summed E-state index contributed by atoms with van der Waals surface area (Å²) < 4.78 is 0. The normalized spacial score (nSPS) is 57.8. The van der Waals surface area contributed by atoms with E-state index in [0.717, 1.165) is 42.6 Å². The third-order valence-corrected chi connectivity index (χ3v) is 8.99. The third kappa shape index (κ3) is 1.99. The van der Waals surface area contributed by atoms with Crippen LogP contribution in [0.1, 0.15) is 71.6 Å². The molecule has 0 saturated heterocycles. The van der Waals surface area contributed by atoms with Crippen LogP contribution < -0.4 is 5.32 Å². The van der Waals surface area contributed by atoms with Crippen molar-refractivity contribution in [3.05, 3.63) is 0 Å². The SMILES string of the molecule is CN[C@@H]1CC[C@H]2[C@@H]3CC[C@H]4C[C@@H](O)CC[C@]4(C)[C@H]3CC[C@]12C. The molecule has 4 saturated carbocycles. The van der Waals surface area contributed by atoms with Crippen LogP contribution >= 0.6 is 0 Å². The molecule has 8 atom stereocenters. The molecule has 2 N–H and O–H groups in total. The molecule has 22 heavy (non-hydrogen) atoms. The quantitative estimate of drug-likeness (QED) is 0.768. The summed E-state index contributed by atoms with van der Waals surface area (Å²) in [6.07, 6.45) is 11.9. The molecule has 4 aliphatic rings. The Morgan fingerprint density at radius 2 is 1.59 bits per heavy atom. The zero-order valence-corrected chi connectivity index (χ0v) is 14.8. The van der Waals surface area contributed by atoms with Crippen LogP contribution in [0, 0.1) is 34.5 Å². The highest BCUT2D eigenvalue weighted by Gasteiger charge is 2.59. The summed E-state index contributed by atoms with van der Waals surface area (Å²) in [4.78, 5) is 0. The van der Waals surface area contributed by atoms with Crippen molar-refractivity contribution in [2.45, 2.75) is 83.8 Å². The van der Waals surface area contributed by atoms with Crippen molar-refractivity contribution in [2.75, 3.05) is 7.05 Å². The van der Waals surface area contributed by atoms with E-state index in [1.165, 1.54) is 44.9 Å². The Labute approximate surface area is 136 Å². The average Bonchev–Trinajstić information content (AvgIpc) is 2.84. The fourth-order valence-electron chi connectivity index (χ4n) is 7.71. The zero-order valence-electron chi connectivity index (χ0n) is 14.8. The molecule has 0 heterocycles. The minimum atomic E-state index is -0.0105. The number of hydrogen-bond acceptors (Lipinski definition) is 2. The molecule has 0 bridgehead atoms. The van der Waals surface area contributed by atoms with E-state index in [2.05, 4.69) is 26.2 Å². The molecule has 126 valence electrons. The summed E-state index contributed by atoms with van der Waals surface area (Å²) in [5.74, 6) is 3.65. The largest absolute Gasteiger partial charge is 0.393 e. The highest BCUT2D eigenvalue weighted by molar-refractivity contribution is 5.10. The predicted octanol–water partition coefficient (Wildman–Crippen LogP) is 3.98. The monoisotopic (exact) mass is 305 g/mol. The van der Waals surface area contributed by atoms with Gasteiger partial charge in [0.15, 0.2) is 0 Å². The summed E-state index contributed by atoms with van der Waals surface area (Å²) in [7, 11) is 2.17. The summed E-state index contributed by atoms with van der Waals surface area (Å²) in [6, 6.07) is 0.747. The molecule has 4 aliphatic carbocycles. The zero-order chi connectivity index (χ0) is 15.5. The van der Waals surface area contributed by atoms with Crippen molar-refractivity contribution in [3.8, 4) is 0 Å². The maximum atomic E-state index is 10.1. The lowest BCUT2D eigenvalue weighted by Crippen LogP contribution is -2.55. The smallest absolute Gasteiger partial charge is 0.0543 e. The van der Waals surface area contributed by atoms with Gasteiger partial charge in [-0.3, -0.25) is 0 Å². The topological polar surface area (TPSA) is 32.3 Å². The number of hydrogen-bond donors (Lipinski definition) is 2. The van der Waals surface area contributed by atoms with Crippen molar-refractivity contribution in [3.63, 3.8) is 0 Å². The Bertz CT molecular complexity index is 437. The first-order chi connectivity index (χ1) is 10.5. The Kier molecular flexibility index (Phi) is 3.66. The second kappa shape index (κ2) is 5.21. The van der Waals surface area contributed by atoms with Gasteiger partial charge in [0, 0.05) is 6.04 Å². The van der Waals surface area contributed by atoms with Gasteiger partial charge in [-0.1, -0.05) is 13.8 Å². The molecule has 0 unspecified atom stereocenters. The maximum Gasteiger partial charge on any atom is 0.0543 e. The Hall–Kier alpha value is -0.0800. The number of aliphatic hydroxyl groups is 1. The van der Waals surface area contributed by atoms with E-state index in [9.17, 15) is 5.11 Å². The first-order valence-electron chi connectivity index (χ1n) is 9.84. The Morgan fingerprint density at radius 3 is 2.36 bits per heavy atom. The first kappa shape index (κ1) is 15.4. The summed E-state index contributed by atoms with van der Waals surface area (Å²) >= 11 is 0. The van der Waals surface area contributed by atoms with Gasteiger partial charge in [0.25, 0.3) is 0 Å². The molecule has 0 amide bonds. The van der Waals surface area contributed by atoms with Crippen LogP contribution in [0.15, 0.2) is 0 Å². The van der Waals surface area contributed by atoms with E-state index >= 15 is 0 Å². The van der Waals surface area contributed by atoms with Crippen LogP contribution in [-0.2, 0) is 0 Å². The van der Waals surface area contributed by atoms with Crippen LogP contribution in [0.5, 0.6) is 0 Å². The van der Waals surface area contributed by atoms with Gasteiger partial charge in [-0.25, -0.2) is 0 Å². The van der Waals surface area contributed by atoms with Crippen LogP contribution in [0.3, 0.4) is 0 Å². The van der Waals surface area contributed by atoms with E-state index < -0.39 is 0 Å². The highest BCUT2D eigenvalue weighted by atomic mass is 16.3. The Balaban J connectivity index is 1.61. The number of fused-ring (bicyclic) bond motifs is 5. The first-order valence-corrected chi connectivity index (χ1v) is 9.84. The second-order valence-electron chi connectivity index (χ2n) is 9.55. The summed E-state index contributed by atoms with van der Waals surface area (Å²) in [6.45, 7) is 5.18. The van der Waals surface area contributed by atoms with Crippen molar-refractivity contribution >= 4 is 0 Å². The molecule has 0 aromatic carbocycles. The molecular weight excluding hydrogens is 270 g/mol. The minimum Gasteiger partial charge on any atom is -0.393 e. The molecular formula is C20H35NO. The van der Waals surface area contributed by atoms with Gasteiger partial charge in [-0.2, -0.15) is 0 Å². The molecule has 0 radical (unpaired) electrons. The van der Waals surface area contributed by atoms with E-state index in [-0.39, 0.29) is 6.10 Å². The van der Waals surface area contributed by atoms with E-state index in [1.54, 1.807) is 0 Å². The maximum absolute atomic E-state index is 10.1. The van der Waals surface area contributed by atoms with Crippen molar-refractivity contribution in [1.82, 2.24) is 5.32 Å². The van der Waals surface area contributed by atoms with Crippen molar-refractivity contribution in [2.24, 2.45) is 34.5 Å². The molecule has 0 aromatic heterocycles. The second-order valence-corrected chi connectivity index (χ2v) is 9.55. The molecule has 2 nitrogen and oxygen atoms in total. The van der Waals surface area contributed by atoms with Crippen LogP contribution in [0.4, 0.5) is 0 Å². The lowest BCUT2D eigenvalue weighted by molar-refractivity contribution is -0.123. The van der Waals surface area contributed by atoms with Crippen molar-refractivity contribution in [1.29, 1.82) is 0 Å². The molecule has 0 spiro atoms. The lowest BCUT2D eigenvalue weighted by Gasteiger charge is -2.61. The molecule has 4 rings (SSSR count). The molecule has 2 heteroatoms. The molecule has 0 aromatic rings. The predicted molar refractivity (Wildman–Crippen MR) is 90.6 cm³/mol.